The average molecular weight is 553 g/mol. The lowest BCUT2D eigenvalue weighted by Gasteiger charge is -2.24. The molecule has 0 aliphatic carbocycles. The highest BCUT2D eigenvalue weighted by atomic mass is 19.1. The van der Waals surface area contributed by atoms with E-state index in [1.54, 1.807) is 6.33 Å². The highest BCUT2D eigenvalue weighted by Crippen LogP contribution is 2.28. The van der Waals surface area contributed by atoms with Crippen LogP contribution in [0.4, 0.5) is 15.9 Å². The number of nitrogens with zero attached hydrogens (tertiary/aromatic N) is 5. The maximum absolute atomic E-state index is 13.9. The number of rotatable bonds is 10. The van der Waals surface area contributed by atoms with Gasteiger partial charge in [0.15, 0.2) is 0 Å². The number of likely N-dealkylation sites (tertiary alicyclic amines) is 1. The summed E-state index contributed by atoms with van der Waals surface area (Å²) < 4.78 is 21.0. The third-order valence-electron chi connectivity index (χ3n) is 7.56. The van der Waals surface area contributed by atoms with Crippen LogP contribution in [0.2, 0.25) is 0 Å². The fraction of sp³-hybridized carbons (Fsp3) is 0.312. The Morgan fingerprint density at radius 1 is 1.07 bits per heavy atom. The fourth-order valence-electron chi connectivity index (χ4n) is 5.49. The van der Waals surface area contributed by atoms with E-state index in [0.29, 0.717) is 31.7 Å². The molecule has 1 aliphatic heterocycles. The molecular weight excluding hydrogens is 519 g/mol. The van der Waals surface area contributed by atoms with E-state index < -0.39 is 18.4 Å². The van der Waals surface area contributed by atoms with E-state index in [-0.39, 0.29) is 6.42 Å². The van der Waals surface area contributed by atoms with E-state index in [1.165, 1.54) is 5.56 Å². The number of aromatic nitrogens is 4. The maximum atomic E-state index is 13.9. The summed E-state index contributed by atoms with van der Waals surface area (Å²) in [6.45, 7) is 3.92. The van der Waals surface area contributed by atoms with Gasteiger partial charge in [-0.15, -0.1) is 0 Å². The van der Waals surface area contributed by atoms with E-state index >= 15 is 0 Å². The molecule has 1 saturated heterocycles. The molecule has 3 aromatic carbocycles. The predicted octanol–water partition coefficient (Wildman–Crippen LogP) is 6.37. The minimum atomic E-state index is -1.54. The molecule has 5 aromatic rings. The van der Waals surface area contributed by atoms with Crippen molar-refractivity contribution in [1.82, 2.24) is 24.6 Å². The smallest absolute Gasteiger partial charge is 0.325 e. The normalized spacial score (nSPS) is 16.3. The molecule has 2 aromatic heterocycles. The van der Waals surface area contributed by atoms with Crippen LogP contribution in [0.25, 0.3) is 21.8 Å². The van der Waals surface area contributed by atoms with Crippen LogP contribution < -0.4 is 5.32 Å². The molecule has 6 rings (SSSR count). The van der Waals surface area contributed by atoms with Crippen LogP contribution >= 0.6 is 0 Å². The first-order chi connectivity index (χ1) is 20.1. The number of anilines is 2. The number of fused-ring (bicyclic) bond motifs is 2. The van der Waals surface area contributed by atoms with Crippen molar-refractivity contribution < 1.29 is 13.9 Å². The number of alkyl halides is 1. The molecular formula is C32H33FN6O2. The molecule has 1 aliphatic rings. The quantitative estimate of drug-likeness (QED) is 0.201. The highest BCUT2D eigenvalue weighted by Gasteiger charge is 2.33. The lowest BCUT2D eigenvalue weighted by molar-refractivity contribution is -0.164. The number of benzene rings is 3. The molecule has 0 amide bonds. The van der Waals surface area contributed by atoms with Gasteiger partial charge in [0.25, 0.3) is 0 Å². The largest absolute Gasteiger partial charge is 0.430 e. The first kappa shape index (κ1) is 26.8. The van der Waals surface area contributed by atoms with Crippen molar-refractivity contribution in [3.63, 3.8) is 0 Å². The number of carbonyl (C=O) groups is 1. The van der Waals surface area contributed by atoms with Crippen molar-refractivity contribution in [2.45, 2.75) is 58.1 Å². The molecule has 0 radical (unpaired) electrons. The minimum absolute atomic E-state index is 0.227. The minimum Gasteiger partial charge on any atom is -0.430 e. The van der Waals surface area contributed by atoms with Crippen molar-refractivity contribution in [3.8, 4) is 0 Å². The highest BCUT2D eigenvalue weighted by molar-refractivity contribution is 5.92. The van der Waals surface area contributed by atoms with Gasteiger partial charge in [-0.1, -0.05) is 43.3 Å². The van der Waals surface area contributed by atoms with Gasteiger partial charge in [-0.25, -0.2) is 14.4 Å². The number of carbonyl (C=O) groups excluding carboxylic acids is 1. The molecule has 1 N–H and O–H groups in total. The Bertz CT molecular complexity index is 1660. The molecule has 0 bridgehead atoms. The molecule has 3 heterocycles. The molecule has 1 fully saturated rings. The van der Waals surface area contributed by atoms with Crippen molar-refractivity contribution in [2.75, 3.05) is 11.9 Å². The topological polar surface area (TPSA) is 85.2 Å². The first-order valence-corrected chi connectivity index (χ1v) is 14.2. The maximum Gasteiger partial charge on any atom is 0.325 e. The zero-order valence-electron chi connectivity index (χ0n) is 23.0. The standard InChI is InChI=1S/C32H33FN6O2/c1-2-7-30(33)41-32(40)29-10-6-15-38(29)19-23-11-13-26-27(16-23)34-21-35-31(26)37-25-12-14-28-24(17-25)18-36-39(28)20-22-8-4-3-5-9-22/h3-5,8-9,11-14,16-18,21,29-30H,2,6-7,10,15,19-20H2,1H3,(H,34,35,37)/t29-,30?/m1/s1. The van der Waals surface area contributed by atoms with Crippen LogP contribution in [0.3, 0.4) is 0 Å². The number of hydrogen-bond donors (Lipinski definition) is 1. The Morgan fingerprint density at radius 2 is 1.95 bits per heavy atom. The second kappa shape index (κ2) is 12.0. The van der Waals surface area contributed by atoms with Crippen LogP contribution in [-0.2, 0) is 22.6 Å². The third kappa shape index (κ3) is 6.05. The van der Waals surface area contributed by atoms with Gasteiger partial charge in [-0.3, -0.25) is 14.4 Å². The van der Waals surface area contributed by atoms with Gasteiger partial charge in [-0.05, 0) is 67.3 Å². The predicted molar refractivity (Wildman–Crippen MR) is 157 cm³/mol. The molecule has 1 unspecified atom stereocenters. The Balaban J connectivity index is 1.16. The fourth-order valence-corrected chi connectivity index (χ4v) is 5.49. The molecule has 210 valence electrons. The second-order valence-electron chi connectivity index (χ2n) is 10.5. The number of halogens is 1. The van der Waals surface area contributed by atoms with Gasteiger partial charge in [-0.2, -0.15) is 5.10 Å². The Morgan fingerprint density at radius 3 is 2.80 bits per heavy atom. The van der Waals surface area contributed by atoms with E-state index in [1.807, 2.05) is 60.3 Å². The summed E-state index contributed by atoms with van der Waals surface area (Å²) >= 11 is 0. The molecule has 0 saturated carbocycles. The Kier molecular flexibility index (Phi) is 7.86. The molecule has 9 heteroatoms. The molecule has 41 heavy (non-hydrogen) atoms. The van der Waals surface area contributed by atoms with Crippen molar-refractivity contribution in [1.29, 1.82) is 0 Å². The zero-order valence-corrected chi connectivity index (χ0v) is 23.0. The SMILES string of the molecule is CCCC(F)OC(=O)[C@H]1CCCN1Cc1ccc2c(Nc3ccc4c(cnn4Cc4ccccc4)c3)ncnc2c1. The van der Waals surface area contributed by atoms with Crippen molar-refractivity contribution in [2.24, 2.45) is 0 Å². The summed E-state index contributed by atoms with van der Waals surface area (Å²) in [5.41, 5.74) is 5.01. The Labute approximate surface area is 238 Å². The molecule has 2 atom stereocenters. The van der Waals surface area contributed by atoms with Crippen LogP contribution in [0, 0.1) is 0 Å². The zero-order chi connectivity index (χ0) is 28.2. The van der Waals surface area contributed by atoms with Gasteiger partial charge in [0.2, 0.25) is 6.36 Å². The lowest BCUT2D eigenvalue weighted by Crippen LogP contribution is -2.38. The summed E-state index contributed by atoms with van der Waals surface area (Å²) in [5, 5.41) is 9.97. The van der Waals surface area contributed by atoms with E-state index in [9.17, 15) is 9.18 Å². The van der Waals surface area contributed by atoms with E-state index in [0.717, 1.165) is 46.0 Å². The molecule has 0 spiro atoms. The van der Waals surface area contributed by atoms with Crippen LogP contribution in [0.1, 0.15) is 43.7 Å². The van der Waals surface area contributed by atoms with E-state index in [4.69, 9.17) is 4.74 Å². The average Bonchev–Trinajstić information content (AvgIpc) is 3.60. The van der Waals surface area contributed by atoms with Crippen molar-refractivity contribution >= 4 is 39.3 Å². The molecule has 8 nitrogen and oxygen atoms in total. The summed E-state index contributed by atoms with van der Waals surface area (Å²) in [6.07, 6.45) is 4.31. The Hall–Kier alpha value is -4.37. The van der Waals surface area contributed by atoms with Crippen LogP contribution in [0.5, 0.6) is 0 Å². The van der Waals surface area contributed by atoms with Gasteiger partial charge in [0.05, 0.1) is 23.8 Å². The first-order valence-electron chi connectivity index (χ1n) is 14.2. The van der Waals surface area contributed by atoms with Crippen LogP contribution in [-0.4, -0.2) is 49.6 Å². The number of nitrogens with one attached hydrogen (secondary N) is 1. The van der Waals surface area contributed by atoms with E-state index in [2.05, 4.69) is 49.5 Å². The summed E-state index contributed by atoms with van der Waals surface area (Å²) in [5.74, 6) is 0.241. The number of ether oxygens (including phenoxy) is 1. The second-order valence-corrected chi connectivity index (χ2v) is 10.5. The van der Waals surface area contributed by atoms with Gasteiger partial charge in [0, 0.05) is 29.4 Å². The third-order valence-corrected chi connectivity index (χ3v) is 7.56. The van der Waals surface area contributed by atoms with Gasteiger partial charge < -0.3 is 10.1 Å². The van der Waals surface area contributed by atoms with Crippen molar-refractivity contribution in [3.05, 3.63) is 90.4 Å². The van der Waals surface area contributed by atoms with Crippen LogP contribution in [0.15, 0.2) is 79.3 Å². The number of hydrogen-bond acceptors (Lipinski definition) is 7. The lowest BCUT2D eigenvalue weighted by atomic mass is 10.1. The monoisotopic (exact) mass is 552 g/mol. The summed E-state index contributed by atoms with van der Waals surface area (Å²) in [7, 11) is 0. The van der Waals surface area contributed by atoms with Gasteiger partial charge in [0.1, 0.15) is 18.2 Å². The van der Waals surface area contributed by atoms with Gasteiger partial charge >= 0.3 is 5.97 Å². The number of esters is 1. The summed E-state index contributed by atoms with van der Waals surface area (Å²) in [4.78, 5) is 23.7. The summed E-state index contributed by atoms with van der Waals surface area (Å²) in [6, 6.07) is 22.1.